The van der Waals surface area contributed by atoms with E-state index in [1.807, 2.05) is 0 Å². The van der Waals surface area contributed by atoms with Crippen molar-refractivity contribution in [1.82, 2.24) is 5.32 Å². The maximum absolute atomic E-state index is 11.7. The molecule has 0 spiro atoms. The molecule has 0 radical (unpaired) electrons. The highest BCUT2D eigenvalue weighted by atomic mass is 32.2. The Morgan fingerprint density at radius 2 is 2.00 bits per heavy atom. The molecule has 0 aromatic heterocycles. The molecule has 0 saturated carbocycles. The van der Waals surface area contributed by atoms with Gasteiger partial charge in [0.05, 0.1) is 5.25 Å². The quantitative estimate of drug-likeness (QED) is 0.674. The van der Waals surface area contributed by atoms with Crippen LogP contribution in [-0.2, 0) is 9.59 Å². The number of rotatable bonds is 7. The average Bonchev–Trinajstić information content (AvgIpc) is 2.17. The van der Waals surface area contributed by atoms with E-state index in [9.17, 15) is 9.59 Å². The summed E-state index contributed by atoms with van der Waals surface area (Å²) in [5.41, 5.74) is -1.20. The molecule has 1 atom stereocenters. The van der Waals surface area contributed by atoms with E-state index in [4.69, 9.17) is 5.11 Å². The fourth-order valence-corrected chi connectivity index (χ4v) is 1.96. The molecule has 0 aliphatic carbocycles. The summed E-state index contributed by atoms with van der Waals surface area (Å²) in [6.45, 7) is 6.86. The maximum Gasteiger partial charge on any atom is 0.328 e. The van der Waals surface area contributed by atoms with Crippen LogP contribution in [0.25, 0.3) is 0 Å². The second kappa shape index (κ2) is 6.78. The van der Waals surface area contributed by atoms with Gasteiger partial charge in [-0.15, -0.1) is 11.8 Å². The van der Waals surface area contributed by atoms with Crippen LogP contribution in [0.4, 0.5) is 0 Å². The average molecular weight is 247 g/mol. The highest BCUT2D eigenvalue weighted by molar-refractivity contribution is 8.00. The molecule has 2 N–H and O–H groups in total. The minimum atomic E-state index is -1.20. The van der Waals surface area contributed by atoms with Crippen LogP contribution in [0.15, 0.2) is 0 Å². The van der Waals surface area contributed by atoms with Crippen molar-refractivity contribution in [3.05, 3.63) is 0 Å². The van der Waals surface area contributed by atoms with E-state index in [0.29, 0.717) is 0 Å². The van der Waals surface area contributed by atoms with Crippen LogP contribution >= 0.6 is 11.8 Å². The van der Waals surface area contributed by atoms with E-state index in [1.54, 1.807) is 18.7 Å². The van der Waals surface area contributed by atoms with Crippen molar-refractivity contribution in [3.8, 4) is 0 Å². The van der Waals surface area contributed by atoms with Crippen molar-refractivity contribution in [1.29, 1.82) is 0 Å². The standard InChI is InChI=1S/C11H21NO3S/c1-5-6-7-16-8(2)9(13)12-11(3,4)10(14)15/h8H,5-7H2,1-4H3,(H,12,13)(H,14,15). The Labute approximate surface area is 101 Å². The zero-order valence-electron chi connectivity index (χ0n) is 10.4. The van der Waals surface area contributed by atoms with Gasteiger partial charge < -0.3 is 10.4 Å². The second-order valence-electron chi connectivity index (χ2n) is 4.29. The van der Waals surface area contributed by atoms with Crippen LogP contribution in [0.3, 0.4) is 0 Å². The molecule has 1 amide bonds. The van der Waals surface area contributed by atoms with Crippen molar-refractivity contribution in [3.63, 3.8) is 0 Å². The van der Waals surface area contributed by atoms with Crippen molar-refractivity contribution in [2.45, 2.75) is 51.3 Å². The Hall–Kier alpha value is -0.710. The van der Waals surface area contributed by atoms with Crippen LogP contribution in [0, 0.1) is 0 Å². The lowest BCUT2D eigenvalue weighted by atomic mass is 10.1. The lowest BCUT2D eigenvalue weighted by Crippen LogP contribution is -2.51. The number of amides is 1. The normalized spacial score (nSPS) is 13.2. The summed E-state index contributed by atoms with van der Waals surface area (Å²) in [7, 11) is 0. The number of carboxylic acids is 1. The first-order chi connectivity index (χ1) is 7.31. The fraction of sp³-hybridized carbons (Fsp3) is 0.818. The molecule has 94 valence electrons. The van der Waals surface area contributed by atoms with Crippen LogP contribution in [-0.4, -0.2) is 33.5 Å². The number of carbonyl (C=O) groups is 2. The third-order valence-corrected chi connectivity index (χ3v) is 3.44. The van der Waals surface area contributed by atoms with Crippen LogP contribution in [0.5, 0.6) is 0 Å². The topological polar surface area (TPSA) is 66.4 Å². The smallest absolute Gasteiger partial charge is 0.328 e. The number of aliphatic carboxylic acids is 1. The summed E-state index contributed by atoms with van der Waals surface area (Å²) in [6, 6.07) is 0. The Morgan fingerprint density at radius 1 is 1.44 bits per heavy atom. The summed E-state index contributed by atoms with van der Waals surface area (Å²) in [6.07, 6.45) is 2.17. The van der Waals surface area contributed by atoms with Gasteiger partial charge in [-0.1, -0.05) is 13.3 Å². The molecule has 0 heterocycles. The van der Waals surface area contributed by atoms with E-state index in [0.717, 1.165) is 18.6 Å². The van der Waals surface area contributed by atoms with Crippen LogP contribution in [0.2, 0.25) is 0 Å². The number of nitrogens with one attached hydrogen (secondary N) is 1. The summed E-state index contributed by atoms with van der Waals surface area (Å²) in [5.74, 6) is -0.307. The number of unbranched alkanes of at least 4 members (excludes halogenated alkanes) is 1. The second-order valence-corrected chi connectivity index (χ2v) is 5.73. The summed E-state index contributed by atoms with van der Waals surface area (Å²) < 4.78 is 0. The van der Waals surface area contributed by atoms with Crippen molar-refractivity contribution >= 4 is 23.6 Å². The van der Waals surface area contributed by atoms with Crippen molar-refractivity contribution in [2.24, 2.45) is 0 Å². The van der Waals surface area contributed by atoms with Gasteiger partial charge in [0.1, 0.15) is 5.54 Å². The van der Waals surface area contributed by atoms with Gasteiger partial charge in [-0.05, 0) is 32.9 Å². The third-order valence-electron chi connectivity index (χ3n) is 2.21. The van der Waals surface area contributed by atoms with E-state index in [2.05, 4.69) is 12.2 Å². The molecule has 0 aromatic carbocycles. The lowest BCUT2D eigenvalue weighted by molar-refractivity contribution is -0.145. The zero-order chi connectivity index (χ0) is 12.8. The molecule has 4 nitrogen and oxygen atoms in total. The number of hydrogen-bond acceptors (Lipinski definition) is 3. The molecule has 0 aliphatic heterocycles. The fourth-order valence-electron chi connectivity index (χ4n) is 0.943. The third kappa shape index (κ3) is 5.39. The Balaban J connectivity index is 4.10. The number of carboxylic acid groups (broad SMARTS) is 1. The van der Waals surface area contributed by atoms with Gasteiger partial charge in [-0.2, -0.15) is 0 Å². The lowest BCUT2D eigenvalue weighted by Gasteiger charge is -2.23. The van der Waals surface area contributed by atoms with Gasteiger partial charge in [0.15, 0.2) is 0 Å². The van der Waals surface area contributed by atoms with E-state index >= 15 is 0 Å². The molecule has 0 aromatic rings. The van der Waals surface area contributed by atoms with Crippen molar-refractivity contribution < 1.29 is 14.7 Å². The number of carbonyl (C=O) groups excluding carboxylic acids is 1. The van der Waals surface area contributed by atoms with Crippen LogP contribution in [0.1, 0.15) is 40.5 Å². The van der Waals surface area contributed by atoms with Gasteiger partial charge in [0, 0.05) is 0 Å². The van der Waals surface area contributed by atoms with E-state index in [-0.39, 0.29) is 11.2 Å². The Morgan fingerprint density at radius 3 is 2.44 bits per heavy atom. The first-order valence-electron chi connectivity index (χ1n) is 5.48. The molecule has 0 bridgehead atoms. The van der Waals surface area contributed by atoms with E-state index < -0.39 is 11.5 Å². The van der Waals surface area contributed by atoms with Gasteiger partial charge in [0.25, 0.3) is 0 Å². The summed E-state index contributed by atoms with van der Waals surface area (Å²) >= 11 is 1.56. The van der Waals surface area contributed by atoms with Crippen molar-refractivity contribution in [2.75, 3.05) is 5.75 Å². The molecule has 1 unspecified atom stereocenters. The molecular formula is C11H21NO3S. The monoisotopic (exact) mass is 247 g/mol. The van der Waals surface area contributed by atoms with Gasteiger partial charge in [0.2, 0.25) is 5.91 Å². The van der Waals surface area contributed by atoms with Gasteiger partial charge >= 0.3 is 5.97 Å². The number of hydrogen-bond donors (Lipinski definition) is 2. The van der Waals surface area contributed by atoms with Gasteiger partial charge in [-0.3, -0.25) is 4.79 Å². The predicted octanol–water partition coefficient (Wildman–Crippen LogP) is 1.89. The largest absolute Gasteiger partial charge is 0.480 e. The van der Waals surface area contributed by atoms with Crippen LogP contribution < -0.4 is 5.32 Å². The summed E-state index contributed by atoms with van der Waals surface area (Å²) in [5, 5.41) is 11.2. The molecule has 16 heavy (non-hydrogen) atoms. The zero-order valence-corrected chi connectivity index (χ0v) is 11.2. The predicted molar refractivity (Wildman–Crippen MR) is 66.7 cm³/mol. The van der Waals surface area contributed by atoms with E-state index in [1.165, 1.54) is 13.8 Å². The molecule has 0 aliphatic rings. The molecular weight excluding hydrogens is 226 g/mol. The molecule has 5 heteroatoms. The minimum absolute atomic E-state index is 0.204. The highest BCUT2D eigenvalue weighted by Crippen LogP contribution is 2.14. The summed E-state index contributed by atoms with van der Waals surface area (Å²) in [4.78, 5) is 22.5. The molecule has 0 saturated heterocycles. The maximum atomic E-state index is 11.7. The first-order valence-corrected chi connectivity index (χ1v) is 6.53. The Bertz CT molecular complexity index is 254. The molecule has 0 rings (SSSR count). The highest BCUT2D eigenvalue weighted by Gasteiger charge is 2.30. The molecule has 0 fully saturated rings. The SMILES string of the molecule is CCCCSC(C)C(=O)NC(C)(C)C(=O)O. The number of thioether (sulfide) groups is 1. The van der Waals surface area contributed by atoms with Gasteiger partial charge in [-0.25, -0.2) is 4.79 Å². The Kier molecular flexibility index (Phi) is 6.48. The minimum Gasteiger partial charge on any atom is -0.480 e. The first kappa shape index (κ1) is 15.3.